The molecule has 0 atom stereocenters. The SMILES string of the molecule is CCCN(CCC)C(=O)CCCNC(=O)n1ccc(=O)n(F)c1=O. The largest absolute Gasteiger partial charge is 0.368 e. The van der Waals surface area contributed by atoms with Gasteiger partial charge in [0, 0.05) is 38.3 Å². The number of rotatable bonds is 8. The molecule has 0 aliphatic rings. The lowest BCUT2D eigenvalue weighted by molar-refractivity contribution is -0.131. The molecule has 1 heterocycles. The lowest BCUT2D eigenvalue weighted by Crippen LogP contribution is -2.42. The average molecular weight is 342 g/mol. The molecule has 0 bridgehead atoms. The molecule has 134 valence electrons. The molecule has 1 N–H and O–H groups in total. The van der Waals surface area contributed by atoms with E-state index in [0.717, 1.165) is 25.1 Å². The highest BCUT2D eigenvalue weighted by molar-refractivity contribution is 5.77. The molecule has 1 aromatic heterocycles. The van der Waals surface area contributed by atoms with Gasteiger partial charge < -0.3 is 10.2 Å². The Hall–Kier alpha value is -2.45. The van der Waals surface area contributed by atoms with Crippen LogP contribution in [0.4, 0.5) is 9.28 Å². The van der Waals surface area contributed by atoms with E-state index in [1.807, 2.05) is 13.8 Å². The topological polar surface area (TPSA) is 93.4 Å². The fourth-order valence-corrected chi connectivity index (χ4v) is 2.19. The Labute approximate surface area is 138 Å². The Morgan fingerprint density at radius 3 is 2.42 bits per heavy atom. The van der Waals surface area contributed by atoms with E-state index in [1.165, 1.54) is 0 Å². The van der Waals surface area contributed by atoms with Crippen molar-refractivity contribution in [3.8, 4) is 0 Å². The van der Waals surface area contributed by atoms with Gasteiger partial charge in [-0.1, -0.05) is 23.1 Å². The summed E-state index contributed by atoms with van der Waals surface area (Å²) in [6, 6.07) is -0.0736. The Bertz CT molecular complexity index is 677. The number of halogens is 1. The van der Waals surface area contributed by atoms with E-state index in [1.54, 1.807) is 4.90 Å². The van der Waals surface area contributed by atoms with Crippen molar-refractivity contribution in [1.82, 2.24) is 19.6 Å². The molecule has 8 nitrogen and oxygen atoms in total. The molecule has 0 aliphatic carbocycles. The second kappa shape index (κ2) is 9.64. The number of hydrogen-bond acceptors (Lipinski definition) is 4. The first-order valence-corrected chi connectivity index (χ1v) is 7.99. The van der Waals surface area contributed by atoms with Gasteiger partial charge in [0.25, 0.3) is 5.56 Å². The smallest absolute Gasteiger partial charge is 0.343 e. The highest BCUT2D eigenvalue weighted by Crippen LogP contribution is 2.00. The minimum Gasteiger partial charge on any atom is -0.343 e. The number of carbonyl (C=O) groups excluding carboxylic acids is 2. The average Bonchev–Trinajstić information content (AvgIpc) is 2.56. The molecule has 0 aliphatic heterocycles. The van der Waals surface area contributed by atoms with E-state index in [9.17, 15) is 23.7 Å². The summed E-state index contributed by atoms with van der Waals surface area (Å²) in [6.45, 7) is 5.56. The van der Waals surface area contributed by atoms with Gasteiger partial charge in [-0.2, -0.15) is 0 Å². The van der Waals surface area contributed by atoms with Crippen LogP contribution in [0.1, 0.15) is 39.5 Å². The maximum Gasteiger partial charge on any atom is 0.368 e. The minimum absolute atomic E-state index is 0.0161. The van der Waals surface area contributed by atoms with E-state index in [4.69, 9.17) is 0 Å². The van der Waals surface area contributed by atoms with Crippen molar-refractivity contribution in [2.45, 2.75) is 39.5 Å². The second-order valence-corrected chi connectivity index (χ2v) is 5.30. The molecular formula is C15H23FN4O4. The Morgan fingerprint density at radius 2 is 1.83 bits per heavy atom. The van der Waals surface area contributed by atoms with Crippen LogP contribution < -0.4 is 16.6 Å². The number of hydrogen-bond donors (Lipinski definition) is 1. The van der Waals surface area contributed by atoms with Gasteiger partial charge in [0.15, 0.2) is 0 Å². The van der Waals surface area contributed by atoms with Crippen LogP contribution in [0.5, 0.6) is 0 Å². The predicted octanol–water partition coefficient (Wildman–Crippen LogP) is 0.729. The Kier molecular flexibility index (Phi) is 7.87. The van der Waals surface area contributed by atoms with Gasteiger partial charge in [-0.05, 0) is 19.3 Å². The highest BCUT2D eigenvalue weighted by Gasteiger charge is 2.13. The summed E-state index contributed by atoms with van der Waals surface area (Å²) in [5.74, 6) is 0.0161. The fourth-order valence-electron chi connectivity index (χ4n) is 2.19. The quantitative estimate of drug-likeness (QED) is 0.705. The summed E-state index contributed by atoms with van der Waals surface area (Å²) < 4.78 is 13.6. The third-order valence-electron chi connectivity index (χ3n) is 3.34. The third-order valence-corrected chi connectivity index (χ3v) is 3.34. The van der Waals surface area contributed by atoms with Crippen LogP contribution in [0.3, 0.4) is 0 Å². The molecular weight excluding hydrogens is 319 g/mol. The number of nitrogens with zero attached hydrogens (tertiary/aromatic N) is 3. The molecule has 1 aromatic rings. The maximum atomic E-state index is 13.1. The summed E-state index contributed by atoms with van der Waals surface area (Å²) in [4.78, 5) is 47.3. The van der Waals surface area contributed by atoms with Gasteiger partial charge in [0.1, 0.15) is 0 Å². The first-order valence-electron chi connectivity index (χ1n) is 7.99. The van der Waals surface area contributed by atoms with Crippen LogP contribution in [-0.4, -0.2) is 45.8 Å². The van der Waals surface area contributed by atoms with Gasteiger partial charge in [-0.3, -0.25) is 9.59 Å². The summed E-state index contributed by atoms with van der Waals surface area (Å²) in [5, 5.41) is 2.42. The normalized spacial score (nSPS) is 10.5. The van der Waals surface area contributed by atoms with Gasteiger partial charge in [0.2, 0.25) is 5.91 Å². The summed E-state index contributed by atoms with van der Waals surface area (Å²) in [5.41, 5.74) is -2.50. The van der Waals surface area contributed by atoms with Crippen LogP contribution in [0.15, 0.2) is 21.9 Å². The molecule has 0 fully saturated rings. The molecule has 0 saturated carbocycles. The number of aromatic nitrogens is 2. The van der Waals surface area contributed by atoms with E-state index in [0.29, 0.717) is 24.1 Å². The van der Waals surface area contributed by atoms with Crippen molar-refractivity contribution in [2.24, 2.45) is 0 Å². The minimum atomic E-state index is -1.37. The maximum absolute atomic E-state index is 13.1. The van der Waals surface area contributed by atoms with E-state index >= 15 is 0 Å². The monoisotopic (exact) mass is 342 g/mol. The van der Waals surface area contributed by atoms with Crippen LogP contribution in [-0.2, 0) is 4.79 Å². The lowest BCUT2D eigenvalue weighted by atomic mass is 10.2. The van der Waals surface area contributed by atoms with Crippen molar-refractivity contribution in [3.63, 3.8) is 0 Å². The zero-order chi connectivity index (χ0) is 18.1. The first-order chi connectivity index (χ1) is 11.4. The van der Waals surface area contributed by atoms with Gasteiger partial charge >= 0.3 is 11.7 Å². The van der Waals surface area contributed by atoms with Gasteiger partial charge in [0.05, 0.1) is 0 Å². The van der Waals surface area contributed by atoms with Crippen molar-refractivity contribution in [3.05, 3.63) is 33.1 Å². The van der Waals surface area contributed by atoms with Crippen molar-refractivity contribution >= 4 is 11.9 Å². The number of amides is 2. The van der Waals surface area contributed by atoms with Crippen LogP contribution in [0.2, 0.25) is 0 Å². The van der Waals surface area contributed by atoms with Crippen molar-refractivity contribution in [2.75, 3.05) is 19.6 Å². The first kappa shape index (κ1) is 19.6. The van der Waals surface area contributed by atoms with E-state index < -0.39 is 22.1 Å². The Morgan fingerprint density at radius 1 is 1.21 bits per heavy atom. The van der Waals surface area contributed by atoms with E-state index in [-0.39, 0.29) is 18.9 Å². The predicted molar refractivity (Wildman–Crippen MR) is 86.7 cm³/mol. The molecule has 0 radical (unpaired) electrons. The number of carbonyl (C=O) groups is 2. The molecule has 2 amide bonds. The lowest BCUT2D eigenvalue weighted by Gasteiger charge is -2.21. The molecule has 0 aromatic carbocycles. The molecule has 1 rings (SSSR count). The van der Waals surface area contributed by atoms with Crippen LogP contribution >= 0.6 is 0 Å². The third kappa shape index (κ3) is 5.32. The molecule has 0 saturated heterocycles. The van der Waals surface area contributed by atoms with Gasteiger partial charge in [-0.15, -0.1) is 0 Å². The van der Waals surface area contributed by atoms with Gasteiger partial charge in [-0.25, -0.2) is 14.2 Å². The van der Waals surface area contributed by atoms with Crippen molar-refractivity contribution in [1.29, 1.82) is 0 Å². The fraction of sp³-hybridized carbons (Fsp3) is 0.600. The van der Waals surface area contributed by atoms with Crippen LogP contribution in [0, 0.1) is 0 Å². The Balaban J connectivity index is 2.49. The second-order valence-electron chi connectivity index (χ2n) is 5.30. The summed E-state index contributed by atoms with van der Waals surface area (Å²) >= 11 is 0. The zero-order valence-electron chi connectivity index (χ0n) is 14.0. The molecule has 9 heteroatoms. The molecule has 0 unspecified atom stereocenters. The zero-order valence-corrected chi connectivity index (χ0v) is 14.0. The number of nitrogens with one attached hydrogen (secondary N) is 1. The standard InChI is InChI=1S/C15H23FN4O4/c1-3-9-18(10-4-2)12(21)6-5-8-17-14(23)19-11-7-13(22)20(16)15(19)24/h7,11H,3-6,8-10H2,1-2H3,(H,17,23). The summed E-state index contributed by atoms with van der Waals surface area (Å²) in [7, 11) is 0. The highest BCUT2D eigenvalue weighted by atomic mass is 19.2. The van der Waals surface area contributed by atoms with E-state index in [2.05, 4.69) is 5.32 Å². The van der Waals surface area contributed by atoms with Crippen LogP contribution in [0.25, 0.3) is 0 Å². The summed E-state index contributed by atoms with van der Waals surface area (Å²) in [6.07, 6.45) is 3.34. The van der Waals surface area contributed by atoms with Crippen molar-refractivity contribution < 1.29 is 14.1 Å². The molecule has 0 spiro atoms. The molecule has 24 heavy (non-hydrogen) atoms.